The van der Waals surface area contributed by atoms with Crippen molar-refractivity contribution in [2.45, 2.75) is 50.6 Å². The zero-order chi connectivity index (χ0) is 19.9. The van der Waals surface area contributed by atoms with E-state index in [1.807, 2.05) is 4.90 Å². The van der Waals surface area contributed by atoms with Crippen molar-refractivity contribution < 1.29 is 22.4 Å². The van der Waals surface area contributed by atoms with Crippen molar-refractivity contribution >= 4 is 11.8 Å². The van der Waals surface area contributed by atoms with Gasteiger partial charge in [0.25, 0.3) is 0 Å². The van der Waals surface area contributed by atoms with E-state index in [2.05, 4.69) is 11.1 Å². The van der Waals surface area contributed by atoms with Gasteiger partial charge in [0, 0.05) is 38.0 Å². The van der Waals surface area contributed by atoms with Crippen LogP contribution in [-0.4, -0.2) is 48.1 Å². The van der Waals surface area contributed by atoms with Crippen molar-refractivity contribution in [2.24, 2.45) is 11.8 Å². The van der Waals surface area contributed by atoms with Gasteiger partial charge in [0.1, 0.15) is 6.07 Å². The molecule has 2 heterocycles. The molecule has 2 aliphatic carbocycles. The number of carbonyl (C=O) groups is 1. The lowest BCUT2D eigenvalue weighted by atomic mass is 9.80. The van der Waals surface area contributed by atoms with E-state index in [0.29, 0.717) is 56.7 Å². The molecule has 2 saturated carbocycles. The Labute approximate surface area is 161 Å². The first-order valence-corrected chi connectivity index (χ1v) is 9.88. The van der Waals surface area contributed by atoms with E-state index in [9.17, 15) is 23.2 Å². The number of aromatic nitrogens is 1. The second-order valence-corrected chi connectivity index (χ2v) is 8.01. The second kappa shape index (κ2) is 7.30. The molecule has 28 heavy (non-hydrogen) atoms. The Kier molecular flexibility index (Phi) is 4.98. The molecule has 4 rings (SSSR count). The Morgan fingerprint density at radius 3 is 2.46 bits per heavy atom. The molecule has 152 valence electrons. The number of nitriles is 1. The molecule has 1 aromatic rings. The van der Waals surface area contributed by atoms with Gasteiger partial charge in [-0.3, -0.25) is 4.79 Å². The quantitative estimate of drug-likeness (QED) is 0.783. The first-order chi connectivity index (χ1) is 13.4. The van der Waals surface area contributed by atoms with E-state index in [-0.39, 0.29) is 24.4 Å². The molecule has 0 unspecified atom stereocenters. The molecule has 1 saturated heterocycles. The summed E-state index contributed by atoms with van der Waals surface area (Å²) in [6.07, 6.45) is -1.20. The molecule has 1 aromatic heterocycles. The molecule has 1 amide bonds. The Balaban J connectivity index is 1.36. The summed E-state index contributed by atoms with van der Waals surface area (Å²) in [7, 11) is 0. The lowest BCUT2D eigenvalue weighted by Crippen LogP contribution is -2.51. The van der Waals surface area contributed by atoms with Crippen LogP contribution >= 0.6 is 0 Å². The summed E-state index contributed by atoms with van der Waals surface area (Å²) < 4.78 is 44.9. The van der Waals surface area contributed by atoms with Crippen molar-refractivity contribution in [2.75, 3.05) is 31.1 Å². The largest absolute Gasteiger partial charge is 0.423 e. The minimum absolute atomic E-state index is 0.103. The molecule has 1 aliphatic heterocycles. The summed E-state index contributed by atoms with van der Waals surface area (Å²) in [5.41, 5.74) is 0.266. The van der Waals surface area contributed by atoms with Gasteiger partial charge in [0.15, 0.2) is 0 Å². The number of alkyl halides is 3. The van der Waals surface area contributed by atoms with Gasteiger partial charge in [-0.05, 0) is 32.1 Å². The summed E-state index contributed by atoms with van der Waals surface area (Å²) in [5.74, 6) is -0.739. The second-order valence-electron chi connectivity index (χ2n) is 8.01. The smallest absolute Gasteiger partial charge is 0.391 e. The molecule has 3 fully saturated rings. The molecule has 0 spiro atoms. The highest BCUT2D eigenvalue weighted by Gasteiger charge is 2.44. The van der Waals surface area contributed by atoms with Gasteiger partial charge in [-0.25, -0.2) is 4.98 Å². The zero-order valence-electron chi connectivity index (χ0n) is 15.5. The standard InChI is InChI=1S/C19H23F3N4O2/c20-19(21,22)14-3-1-2-13(10-14)17(27)25-6-8-26(9-7-25)18-15(11-23)24-16(28-18)12-4-5-12/h12-14H,1-10H2/t13-,14+/m0/s1. The van der Waals surface area contributed by atoms with Gasteiger partial charge in [0.05, 0.1) is 5.92 Å². The number of amides is 1. The lowest BCUT2D eigenvalue weighted by molar-refractivity contribution is -0.187. The summed E-state index contributed by atoms with van der Waals surface area (Å²) in [6, 6.07) is 2.07. The van der Waals surface area contributed by atoms with Crippen LogP contribution < -0.4 is 4.90 Å². The van der Waals surface area contributed by atoms with Gasteiger partial charge in [0.2, 0.25) is 23.4 Å². The van der Waals surface area contributed by atoms with Crippen molar-refractivity contribution in [3.63, 3.8) is 0 Å². The predicted octanol–water partition coefficient (Wildman–Crippen LogP) is 3.44. The Morgan fingerprint density at radius 1 is 1.14 bits per heavy atom. The van der Waals surface area contributed by atoms with Crippen LogP contribution in [0, 0.1) is 23.2 Å². The van der Waals surface area contributed by atoms with Gasteiger partial charge in [-0.1, -0.05) is 6.42 Å². The number of piperazine rings is 1. The molecule has 0 radical (unpaired) electrons. The first-order valence-electron chi connectivity index (χ1n) is 9.88. The Bertz CT molecular complexity index is 773. The molecule has 0 aromatic carbocycles. The van der Waals surface area contributed by atoms with E-state index in [0.717, 1.165) is 12.8 Å². The Morgan fingerprint density at radius 2 is 1.86 bits per heavy atom. The maximum atomic E-state index is 13.0. The monoisotopic (exact) mass is 396 g/mol. The number of hydrogen-bond donors (Lipinski definition) is 0. The predicted molar refractivity (Wildman–Crippen MR) is 93.5 cm³/mol. The third kappa shape index (κ3) is 3.82. The first kappa shape index (κ1) is 19.1. The molecular weight excluding hydrogens is 373 g/mol. The van der Waals surface area contributed by atoms with Crippen molar-refractivity contribution in [3.8, 4) is 6.07 Å². The Hall–Kier alpha value is -2.24. The van der Waals surface area contributed by atoms with Gasteiger partial charge in [-0.2, -0.15) is 18.4 Å². The SMILES string of the molecule is N#Cc1nc(C2CC2)oc1N1CCN(C(=O)[C@H]2CCC[C@@H](C(F)(F)F)C2)CC1. The average molecular weight is 396 g/mol. The molecule has 0 bridgehead atoms. The van der Waals surface area contributed by atoms with Crippen molar-refractivity contribution in [1.29, 1.82) is 5.26 Å². The summed E-state index contributed by atoms with van der Waals surface area (Å²) >= 11 is 0. The van der Waals surface area contributed by atoms with E-state index in [1.54, 1.807) is 4.90 Å². The number of carbonyl (C=O) groups excluding carboxylic acids is 1. The van der Waals surface area contributed by atoms with Crippen molar-refractivity contribution in [1.82, 2.24) is 9.88 Å². The van der Waals surface area contributed by atoms with Gasteiger partial charge < -0.3 is 14.2 Å². The van der Waals surface area contributed by atoms with Crippen LogP contribution in [-0.2, 0) is 4.79 Å². The number of hydrogen-bond acceptors (Lipinski definition) is 5. The lowest BCUT2D eigenvalue weighted by Gasteiger charge is -2.38. The average Bonchev–Trinajstić information content (AvgIpc) is 3.46. The molecular formula is C19H23F3N4O2. The maximum Gasteiger partial charge on any atom is 0.391 e. The van der Waals surface area contributed by atoms with Gasteiger partial charge >= 0.3 is 6.18 Å². The normalized spacial score (nSPS) is 26.2. The van der Waals surface area contributed by atoms with Crippen LogP contribution in [0.5, 0.6) is 0 Å². The highest BCUT2D eigenvalue weighted by atomic mass is 19.4. The minimum atomic E-state index is -4.23. The fourth-order valence-electron chi connectivity index (χ4n) is 4.22. The maximum absolute atomic E-state index is 13.0. The van der Waals surface area contributed by atoms with Gasteiger partial charge in [-0.15, -0.1) is 0 Å². The summed E-state index contributed by atoms with van der Waals surface area (Å²) in [5, 5.41) is 9.31. The number of nitrogens with zero attached hydrogens (tertiary/aromatic N) is 4. The van der Waals surface area contributed by atoms with Crippen LogP contribution in [0.15, 0.2) is 4.42 Å². The summed E-state index contributed by atoms with van der Waals surface area (Å²) in [6.45, 7) is 1.79. The number of rotatable bonds is 3. The van der Waals surface area contributed by atoms with Crippen molar-refractivity contribution in [3.05, 3.63) is 11.6 Å². The number of halogens is 3. The molecule has 6 nitrogen and oxygen atoms in total. The number of oxazole rings is 1. The molecule has 9 heteroatoms. The fraction of sp³-hybridized carbons (Fsp3) is 0.737. The van der Waals surface area contributed by atoms with E-state index in [1.165, 1.54) is 0 Å². The van der Waals surface area contributed by atoms with E-state index >= 15 is 0 Å². The highest BCUT2D eigenvalue weighted by molar-refractivity contribution is 5.79. The van der Waals surface area contributed by atoms with Crippen LogP contribution in [0.2, 0.25) is 0 Å². The zero-order valence-corrected chi connectivity index (χ0v) is 15.5. The van der Waals surface area contributed by atoms with Crippen LogP contribution in [0.4, 0.5) is 19.1 Å². The molecule has 2 atom stereocenters. The van der Waals surface area contributed by atoms with Crippen LogP contribution in [0.25, 0.3) is 0 Å². The highest BCUT2D eigenvalue weighted by Crippen LogP contribution is 2.42. The minimum Gasteiger partial charge on any atom is -0.423 e. The summed E-state index contributed by atoms with van der Waals surface area (Å²) in [4.78, 5) is 20.6. The number of anilines is 1. The third-order valence-electron chi connectivity index (χ3n) is 6.02. The van der Waals surface area contributed by atoms with Crippen LogP contribution in [0.3, 0.4) is 0 Å². The molecule has 0 N–H and O–H groups in total. The third-order valence-corrected chi connectivity index (χ3v) is 6.02. The molecule has 3 aliphatic rings. The fourth-order valence-corrected chi connectivity index (χ4v) is 4.22. The topological polar surface area (TPSA) is 73.4 Å². The van der Waals surface area contributed by atoms with E-state index in [4.69, 9.17) is 4.42 Å². The van der Waals surface area contributed by atoms with E-state index < -0.39 is 18.0 Å². The van der Waals surface area contributed by atoms with Crippen LogP contribution in [0.1, 0.15) is 56.0 Å².